The predicted octanol–water partition coefficient (Wildman–Crippen LogP) is -2.02. The van der Waals surface area contributed by atoms with Crippen molar-refractivity contribution < 1.29 is 4.79 Å². The van der Waals surface area contributed by atoms with Crippen LogP contribution in [0.3, 0.4) is 0 Å². The van der Waals surface area contributed by atoms with Crippen molar-refractivity contribution in [2.75, 3.05) is 78.5 Å². The lowest BCUT2D eigenvalue weighted by atomic mass is 9.97. The van der Waals surface area contributed by atoms with Gasteiger partial charge in [-0.05, 0) is 24.1 Å². The number of fused-ring (bicyclic) bond motifs is 15. The van der Waals surface area contributed by atoms with E-state index in [1.54, 1.807) is 0 Å². The molecule has 2 bridgehead atoms. The van der Waals surface area contributed by atoms with Gasteiger partial charge in [0.25, 0.3) is 5.91 Å². The molecule has 0 aromatic heterocycles. The minimum absolute atomic E-state index is 0.0393. The van der Waals surface area contributed by atoms with E-state index in [-0.39, 0.29) is 11.4 Å². The average Bonchev–Trinajstić information content (AvgIpc) is 2.80. The summed E-state index contributed by atoms with van der Waals surface area (Å²) in [6, 6.07) is 7.90. The van der Waals surface area contributed by atoms with Gasteiger partial charge in [-0.3, -0.25) is 4.79 Å². The lowest BCUT2D eigenvalue weighted by Crippen LogP contribution is -2.67. The molecule has 9 heteroatoms. The number of carbonyl (C=O) groups is 1. The normalized spacial score (nSPS) is 29.1. The van der Waals surface area contributed by atoms with Crippen molar-refractivity contribution in [3.05, 3.63) is 35.4 Å². The van der Waals surface area contributed by atoms with Crippen molar-refractivity contribution in [2.24, 2.45) is 5.73 Å². The van der Waals surface area contributed by atoms with Gasteiger partial charge in [0.2, 0.25) is 0 Å². The second-order valence-electron chi connectivity index (χ2n) is 9.21. The van der Waals surface area contributed by atoms with Crippen LogP contribution in [-0.2, 0) is 6.42 Å². The molecule has 4 rings (SSSR count). The van der Waals surface area contributed by atoms with Gasteiger partial charge in [-0.2, -0.15) is 0 Å². The van der Waals surface area contributed by atoms with Gasteiger partial charge in [0.1, 0.15) is 0 Å². The molecule has 0 unspecified atom stereocenters. The highest BCUT2D eigenvalue weighted by Gasteiger charge is 2.32. The van der Waals surface area contributed by atoms with Crippen molar-refractivity contribution in [3.8, 4) is 0 Å². The van der Waals surface area contributed by atoms with Crippen LogP contribution in [0.25, 0.3) is 0 Å². The van der Waals surface area contributed by atoms with E-state index in [0.29, 0.717) is 25.2 Å². The van der Waals surface area contributed by atoms with Gasteiger partial charge < -0.3 is 43.0 Å². The monoisotopic (exact) mass is 446 g/mol. The fourth-order valence-electron chi connectivity index (χ4n) is 4.24. The number of benzene rings is 1. The van der Waals surface area contributed by atoms with Gasteiger partial charge >= 0.3 is 0 Å². The summed E-state index contributed by atoms with van der Waals surface area (Å²) in [5.74, 6) is -0.0393. The van der Waals surface area contributed by atoms with Gasteiger partial charge in [-0.25, -0.2) is 0 Å². The Labute approximate surface area is 192 Å². The van der Waals surface area contributed by atoms with E-state index in [2.05, 4.69) is 44.1 Å². The van der Waals surface area contributed by atoms with Crippen LogP contribution in [0, 0.1) is 0 Å². The lowest BCUT2D eigenvalue weighted by Gasteiger charge is -2.37. The fourth-order valence-corrected chi connectivity index (χ4v) is 4.24. The highest BCUT2D eigenvalue weighted by molar-refractivity contribution is 5.94. The van der Waals surface area contributed by atoms with Crippen LogP contribution < -0.4 is 43.0 Å². The van der Waals surface area contributed by atoms with E-state index in [1.807, 2.05) is 24.3 Å². The Hall–Kier alpha value is -1.59. The molecule has 3 fully saturated rings. The Morgan fingerprint density at radius 1 is 0.781 bits per heavy atom. The molecular formula is C23H42N8O. The topological polar surface area (TPSA) is 127 Å². The summed E-state index contributed by atoms with van der Waals surface area (Å²) in [5, 5.41) is 24.5. The van der Waals surface area contributed by atoms with Crippen LogP contribution in [0.1, 0.15) is 22.8 Å². The Morgan fingerprint density at radius 2 is 1.19 bits per heavy atom. The predicted molar refractivity (Wildman–Crippen MR) is 130 cm³/mol. The molecule has 0 radical (unpaired) electrons. The molecule has 1 aromatic rings. The van der Waals surface area contributed by atoms with Gasteiger partial charge in [-0.1, -0.05) is 19.1 Å². The third-order valence-electron chi connectivity index (χ3n) is 6.26. The SMILES string of the molecule is CCc1ccc(C(=O)NC23CNCCNCC(N)(CNCCNC2)CNCCNC3)cc1. The van der Waals surface area contributed by atoms with Crippen molar-refractivity contribution in [1.29, 1.82) is 0 Å². The Bertz CT molecular complexity index is 652. The maximum Gasteiger partial charge on any atom is 0.251 e. The molecule has 3 saturated heterocycles. The Morgan fingerprint density at radius 3 is 1.59 bits per heavy atom. The van der Waals surface area contributed by atoms with Crippen LogP contribution in [0.5, 0.6) is 0 Å². The maximum absolute atomic E-state index is 13.2. The number of nitrogens with two attached hydrogens (primary N) is 1. The summed E-state index contributed by atoms with van der Waals surface area (Å²) < 4.78 is 0. The summed E-state index contributed by atoms with van der Waals surface area (Å²) in [6.07, 6.45) is 0.963. The summed E-state index contributed by atoms with van der Waals surface area (Å²) in [4.78, 5) is 13.2. The van der Waals surface area contributed by atoms with Crippen LogP contribution in [0.4, 0.5) is 0 Å². The number of rotatable bonds is 3. The zero-order valence-electron chi connectivity index (χ0n) is 19.5. The molecule has 180 valence electrons. The van der Waals surface area contributed by atoms with Crippen molar-refractivity contribution in [2.45, 2.75) is 24.4 Å². The quantitative estimate of drug-likeness (QED) is 0.267. The molecule has 0 aliphatic carbocycles. The molecule has 0 saturated carbocycles. The van der Waals surface area contributed by atoms with Gasteiger partial charge in [0, 0.05) is 84.1 Å². The van der Waals surface area contributed by atoms with Gasteiger partial charge in [0.05, 0.1) is 11.1 Å². The van der Waals surface area contributed by atoms with Crippen LogP contribution in [0.2, 0.25) is 0 Å². The van der Waals surface area contributed by atoms with E-state index in [1.165, 1.54) is 5.56 Å². The molecule has 9 N–H and O–H groups in total. The van der Waals surface area contributed by atoms with Crippen LogP contribution in [-0.4, -0.2) is 95.5 Å². The van der Waals surface area contributed by atoms with E-state index in [0.717, 1.165) is 65.3 Å². The summed E-state index contributed by atoms with van der Waals surface area (Å²) in [5.41, 5.74) is 7.79. The molecule has 3 heterocycles. The standard InChI is InChI=1S/C23H42N8O/c1-2-19-3-5-20(6-4-19)21(32)31-23-16-28-10-7-25-13-22(24,14-26-8-11-29-17-23)15-27-9-12-30-18-23/h3-6,25-30H,2,7-18,24H2,1H3,(H,31,32). The zero-order valence-corrected chi connectivity index (χ0v) is 19.5. The number of nitrogens with one attached hydrogen (secondary N) is 7. The molecule has 0 atom stereocenters. The average molecular weight is 447 g/mol. The Kier molecular flexibility index (Phi) is 9.86. The van der Waals surface area contributed by atoms with E-state index >= 15 is 0 Å². The van der Waals surface area contributed by atoms with Crippen molar-refractivity contribution in [1.82, 2.24) is 37.2 Å². The van der Waals surface area contributed by atoms with E-state index < -0.39 is 5.54 Å². The number of amides is 1. The minimum atomic E-state index is -0.452. The largest absolute Gasteiger partial charge is 0.343 e. The maximum atomic E-state index is 13.2. The Balaban J connectivity index is 1.75. The van der Waals surface area contributed by atoms with Crippen LogP contribution in [0.15, 0.2) is 24.3 Å². The molecular weight excluding hydrogens is 404 g/mol. The van der Waals surface area contributed by atoms with Crippen molar-refractivity contribution in [3.63, 3.8) is 0 Å². The number of aryl methyl sites for hydroxylation is 1. The van der Waals surface area contributed by atoms with Crippen LogP contribution >= 0.6 is 0 Å². The first kappa shape index (κ1) is 25.0. The summed E-state index contributed by atoms with van der Waals surface area (Å²) in [7, 11) is 0. The molecule has 1 amide bonds. The third kappa shape index (κ3) is 7.77. The highest BCUT2D eigenvalue weighted by Crippen LogP contribution is 2.09. The van der Waals surface area contributed by atoms with Gasteiger partial charge in [0.15, 0.2) is 0 Å². The molecule has 0 spiro atoms. The van der Waals surface area contributed by atoms with Gasteiger partial charge in [-0.15, -0.1) is 0 Å². The number of hydrogen-bond acceptors (Lipinski definition) is 8. The molecule has 1 aromatic carbocycles. The minimum Gasteiger partial charge on any atom is -0.343 e. The van der Waals surface area contributed by atoms with E-state index in [9.17, 15) is 4.79 Å². The first-order chi connectivity index (χ1) is 15.5. The fraction of sp³-hybridized carbons (Fsp3) is 0.696. The number of hydrogen-bond donors (Lipinski definition) is 8. The smallest absolute Gasteiger partial charge is 0.251 e. The highest BCUT2D eigenvalue weighted by atomic mass is 16.1. The zero-order chi connectivity index (χ0) is 22.7. The van der Waals surface area contributed by atoms with Crippen molar-refractivity contribution >= 4 is 5.91 Å². The second-order valence-corrected chi connectivity index (χ2v) is 9.21. The third-order valence-corrected chi connectivity index (χ3v) is 6.26. The first-order valence-corrected chi connectivity index (χ1v) is 12.0. The molecule has 3 aliphatic rings. The summed E-state index contributed by atoms with van der Waals surface area (Å²) in [6.45, 7) is 11.2. The molecule has 32 heavy (non-hydrogen) atoms. The lowest BCUT2D eigenvalue weighted by molar-refractivity contribution is 0.0893. The summed E-state index contributed by atoms with van der Waals surface area (Å²) >= 11 is 0. The first-order valence-electron chi connectivity index (χ1n) is 12.0. The van der Waals surface area contributed by atoms with E-state index in [4.69, 9.17) is 5.73 Å². The molecule has 9 nitrogen and oxygen atoms in total. The number of carbonyl (C=O) groups excluding carboxylic acids is 1. The second kappa shape index (κ2) is 12.6. The molecule has 3 aliphatic heterocycles.